The lowest BCUT2D eigenvalue weighted by molar-refractivity contribution is 0.0952. The first kappa shape index (κ1) is 15.5. The van der Waals surface area contributed by atoms with E-state index in [1.807, 2.05) is 25.1 Å². The van der Waals surface area contributed by atoms with Crippen LogP contribution in [0.1, 0.15) is 34.8 Å². The molecule has 112 valence electrons. The normalized spacial score (nSPS) is 10.7. The Labute approximate surface area is 129 Å². The molecule has 1 heterocycles. The topological polar surface area (TPSA) is 54.0 Å². The molecule has 0 fully saturated rings. The number of aromatic nitrogens is 1. The molecule has 21 heavy (non-hydrogen) atoms. The molecule has 2 N–H and O–H groups in total. The van der Waals surface area contributed by atoms with Gasteiger partial charge >= 0.3 is 0 Å². The smallest absolute Gasteiger partial charge is 0.263 e. The molecule has 5 heteroatoms. The van der Waals surface area contributed by atoms with E-state index in [0.717, 1.165) is 10.8 Å². The first-order valence-corrected chi connectivity index (χ1v) is 7.91. The predicted octanol–water partition coefficient (Wildman–Crippen LogP) is 3.45. The number of hydrogen-bond donors (Lipinski definition) is 2. The number of carbonyl (C=O) groups is 1. The summed E-state index contributed by atoms with van der Waals surface area (Å²) >= 11 is 1.40. The van der Waals surface area contributed by atoms with Crippen LogP contribution in [0.5, 0.6) is 0 Å². The van der Waals surface area contributed by atoms with Crippen LogP contribution < -0.4 is 10.6 Å². The highest BCUT2D eigenvalue weighted by atomic mass is 32.1. The summed E-state index contributed by atoms with van der Waals surface area (Å²) < 4.78 is 0. The molecule has 0 spiro atoms. The minimum Gasteiger partial charge on any atom is -0.357 e. The van der Waals surface area contributed by atoms with Gasteiger partial charge < -0.3 is 10.6 Å². The average molecular weight is 303 g/mol. The van der Waals surface area contributed by atoms with Crippen molar-refractivity contribution in [2.45, 2.75) is 27.3 Å². The van der Waals surface area contributed by atoms with E-state index in [9.17, 15) is 4.79 Å². The van der Waals surface area contributed by atoms with Crippen LogP contribution in [0, 0.1) is 12.8 Å². The van der Waals surface area contributed by atoms with Gasteiger partial charge in [0.25, 0.3) is 5.91 Å². The molecule has 0 atom stereocenters. The summed E-state index contributed by atoms with van der Waals surface area (Å²) in [6.07, 6.45) is 0. The van der Waals surface area contributed by atoms with E-state index in [-0.39, 0.29) is 5.91 Å². The second-order valence-corrected chi connectivity index (χ2v) is 6.38. The van der Waals surface area contributed by atoms with Crippen LogP contribution in [0.3, 0.4) is 0 Å². The van der Waals surface area contributed by atoms with Crippen molar-refractivity contribution in [3.8, 4) is 0 Å². The first-order chi connectivity index (χ1) is 10.1. The molecule has 1 aromatic carbocycles. The van der Waals surface area contributed by atoms with E-state index in [1.165, 1.54) is 16.9 Å². The summed E-state index contributed by atoms with van der Waals surface area (Å²) in [5.74, 6) is 0.407. The van der Waals surface area contributed by atoms with Gasteiger partial charge in [-0.15, -0.1) is 0 Å². The molecule has 0 saturated heterocycles. The minimum absolute atomic E-state index is 0.0357. The van der Waals surface area contributed by atoms with Crippen molar-refractivity contribution in [3.63, 3.8) is 0 Å². The Hall–Kier alpha value is -1.88. The van der Waals surface area contributed by atoms with E-state index in [2.05, 4.69) is 41.6 Å². The summed E-state index contributed by atoms with van der Waals surface area (Å²) in [4.78, 5) is 17.2. The number of carbonyl (C=O) groups excluding carboxylic acids is 1. The minimum atomic E-state index is -0.0357. The summed E-state index contributed by atoms with van der Waals surface area (Å²) in [6, 6.07) is 10.1. The average Bonchev–Trinajstić information content (AvgIpc) is 2.85. The molecule has 0 aliphatic rings. The van der Waals surface area contributed by atoms with Gasteiger partial charge in [0.15, 0.2) is 5.13 Å². The second-order valence-electron chi connectivity index (χ2n) is 5.38. The quantitative estimate of drug-likeness (QED) is 0.859. The van der Waals surface area contributed by atoms with Gasteiger partial charge in [0, 0.05) is 13.1 Å². The SMILES string of the molecule is Cc1nc(NCc2ccccc2)sc1C(=O)NCC(C)C. The van der Waals surface area contributed by atoms with Gasteiger partial charge in [-0.2, -0.15) is 0 Å². The van der Waals surface area contributed by atoms with Crippen LogP contribution in [0.15, 0.2) is 30.3 Å². The molecule has 0 aliphatic carbocycles. The molecule has 0 unspecified atom stereocenters. The Balaban J connectivity index is 1.97. The molecule has 4 nitrogen and oxygen atoms in total. The monoisotopic (exact) mass is 303 g/mol. The summed E-state index contributed by atoms with van der Waals surface area (Å²) in [6.45, 7) is 7.41. The molecule has 0 aliphatic heterocycles. The van der Waals surface area contributed by atoms with Crippen LogP contribution in [0.4, 0.5) is 5.13 Å². The zero-order chi connectivity index (χ0) is 15.2. The summed E-state index contributed by atoms with van der Waals surface area (Å²) in [5.41, 5.74) is 1.97. The Morgan fingerprint density at radius 3 is 2.67 bits per heavy atom. The number of aryl methyl sites for hydroxylation is 1. The van der Waals surface area contributed by atoms with Gasteiger partial charge in [-0.25, -0.2) is 4.98 Å². The predicted molar refractivity (Wildman–Crippen MR) is 87.8 cm³/mol. The van der Waals surface area contributed by atoms with E-state index >= 15 is 0 Å². The van der Waals surface area contributed by atoms with Crippen molar-refractivity contribution in [2.75, 3.05) is 11.9 Å². The van der Waals surface area contributed by atoms with Gasteiger partial charge in [0.2, 0.25) is 0 Å². The molecular formula is C16H21N3OS. The summed E-state index contributed by atoms with van der Waals surface area (Å²) in [7, 11) is 0. The van der Waals surface area contributed by atoms with Crippen molar-refractivity contribution < 1.29 is 4.79 Å². The molecule has 1 amide bonds. The highest BCUT2D eigenvalue weighted by molar-refractivity contribution is 7.17. The number of nitrogens with zero attached hydrogens (tertiary/aromatic N) is 1. The van der Waals surface area contributed by atoms with Crippen molar-refractivity contribution in [3.05, 3.63) is 46.5 Å². The zero-order valence-corrected chi connectivity index (χ0v) is 13.5. The van der Waals surface area contributed by atoms with Gasteiger partial charge in [-0.05, 0) is 18.4 Å². The zero-order valence-electron chi connectivity index (χ0n) is 12.6. The Morgan fingerprint density at radius 2 is 2.00 bits per heavy atom. The van der Waals surface area contributed by atoms with Gasteiger partial charge in [-0.1, -0.05) is 55.5 Å². The van der Waals surface area contributed by atoms with Gasteiger partial charge in [-0.3, -0.25) is 4.79 Å². The number of benzene rings is 1. The van der Waals surface area contributed by atoms with Gasteiger partial charge in [0.1, 0.15) is 4.88 Å². The maximum absolute atomic E-state index is 12.1. The Bertz CT molecular complexity index is 593. The number of nitrogens with one attached hydrogen (secondary N) is 2. The highest BCUT2D eigenvalue weighted by Crippen LogP contribution is 2.23. The molecule has 1 aromatic heterocycles. The van der Waals surface area contributed by atoms with Crippen LogP contribution in [-0.4, -0.2) is 17.4 Å². The van der Waals surface area contributed by atoms with Crippen molar-refractivity contribution in [1.29, 1.82) is 0 Å². The fourth-order valence-corrected chi connectivity index (χ4v) is 2.71. The standard InChI is InChI=1S/C16H21N3OS/c1-11(2)9-17-15(20)14-12(3)19-16(21-14)18-10-13-7-5-4-6-8-13/h4-8,11H,9-10H2,1-3H3,(H,17,20)(H,18,19). The number of amides is 1. The van der Waals surface area contributed by atoms with Crippen molar-refractivity contribution >= 4 is 22.4 Å². The van der Waals surface area contributed by atoms with Crippen LogP contribution in [-0.2, 0) is 6.54 Å². The first-order valence-electron chi connectivity index (χ1n) is 7.09. The number of hydrogen-bond acceptors (Lipinski definition) is 4. The van der Waals surface area contributed by atoms with Crippen molar-refractivity contribution in [1.82, 2.24) is 10.3 Å². The lowest BCUT2D eigenvalue weighted by Gasteiger charge is -2.06. The second kappa shape index (κ2) is 7.22. The lowest BCUT2D eigenvalue weighted by Crippen LogP contribution is -2.27. The third-order valence-corrected chi connectivity index (χ3v) is 4.07. The van der Waals surface area contributed by atoms with Crippen LogP contribution >= 0.6 is 11.3 Å². The van der Waals surface area contributed by atoms with E-state index in [0.29, 0.717) is 23.9 Å². The molecule has 0 radical (unpaired) electrons. The largest absolute Gasteiger partial charge is 0.357 e. The fraction of sp³-hybridized carbons (Fsp3) is 0.375. The molecule has 0 saturated carbocycles. The maximum Gasteiger partial charge on any atom is 0.263 e. The van der Waals surface area contributed by atoms with Crippen molar-refractivity contribution in [2.24, 2.45) is 5.92 Å². The van der Waals surface area contributed by atoms with E-state index in [1.54, 1.807) is 0 Å². The third kappa shape index (κ3) is 4.56. The summed E-state index contributed by atoms with van der Waals surface area (Å²) in [5, 5.41) is 6.98. The highest BCUT2D eigenvalue weighted by Gasteiger charge is 2.15. The van der Waals surface area contributed by atoms with Crippen LogP contribution in [0.2, 0.25) is 0 Å². The van der Waals surface area contributed by atoms with E-state index < -0.39 is 0 Å². The number of anilines is 1. The fourth-order valence-electron chi connectivity index (χ4n) is 1.83. The van der Waals surface area contributed by atoms with Crippen LogP contribution in [0.25, 0.3) is 0 Å². The maximum atomic E-state index is 12.1. The van der Waals surface area contributed by atoms with Gasteiger partial charge in [0.05, 0.1) is 5.69 Å². The Kier molecular flexibility index (Phi) is 5.33. The Morgan fingerprint density at radius 1 is 1.29 bits per heavy atom. The number of thiazole rings is 1. The van der Waals surface area contributed by atoms with E-state index in [4.69, 9.17) is 0 Å². The molecule has 2 aromatic rings. The third-order valence-electron chi connectivity index (χ3n) is 2.96. The number of rotatable bonds is 6. The molecule has 0 bridgehead atoms. The molecular weight excluding hydrogens is 282 g/mol. The molecule has 2 rings (SSSR count). The lowest BCUT2D eigenvalue weighted by atomic mass is 10.2.